The number of imide groups is 4. The van der Waals surface area contributed by atoms with Crippen LogP contribution >= 0.6 is 75.3 Å². The van der Waals surface area contributed by atoms with Crippen molar-refractivity contribution >= 4 is 110 Å². The average Bonchev–Trinajstić information content (AvgIpc) is 3.47. The first-order chi connectivity index (χ1) is 14.9. The smallest absolute Gasteiger partial charge is 0.423 e. The van der Waals surface area contributed by atoms with Crippen molar-refractivity contribution < 1.29 is 43.0 Å². The van der Waals surface area contributed by atoms with Crippen molar-refractivity contribution in [3.05, 3.63) is 17.9 Å². The van der Waals surface area contributed by atoms with Gasteiger partial charge >= 0.3 is 11.5 Å². The first-order valence-electron chi connectivity index (χ1n) is 8.14. The van der Waals surface area contributed by atoms with E-state index in [9.17, 15) is 28.8 Å². The van der Waals surface area contributed by atoms with Crippen molar-refractivity contribution in [2.75, 3.05) is 27.4 Å². The summed E-state index contributed by atoms with van der Waals surface area (Å²) in [7, 11) is 2.30. The van der Waals surface area contributed by atoms with Crippen molar-refractivity contribution in [3.63, 3.8) is 0 Å². The van der Waals surface area contributed by atoms with Crippen LogP contribution in [0, 0.1) is 0 Å². The highest BCUT2D eigenvalue weighted by molar-refractivity contribution is 9.15. The molecule has 0 atom stereocenters. The molecule has 0 unspecified atom stereocenters. The molecule has 178 valence electrons. The van der Waals surface area contributed by atoms with Crippen molar-refractivity contribution in [1.29, 1.82) is 0 Å². The first kappa shape index (κ1) is 30.9. The van der Waals surface area contributed by atoms with E-state index in [0.29, 0.717) is 4.90 Å². The van der Waals surface area contributed by atoms with Crippen molar-refractivity contribution in [2.45, 2.75) is 12.8 Å². The van der Waals surface area contributed by atoms with Crippen LogP contribution in [0.4, 0.5) is 9.59 Å². The number of nitrogens with one attached hydrogen (secondary N) is 1. The molecule has 0 bridgehead atoms. The second-order valence-corrected chi connectivity index (χ2v) is 8.70. The van der Waals surface area contributed by atoms with Gasteiger partial charge in [0.15, 0.2) is 0 Å². The maximum Gasteiger partial charge on any atom is 0.423 e. The predicted molar refractivity (Wildman–Crippen MR) is 125 cm³/mol. The number of ether oxygens (including phenoxy) is 3. The number of carbonyl (C=O) groups excluding carboxylic acids is 6. The third-order valence-electron chi connectivity index (χ3n) is 3.14. The van der Waals surface area contributed by atoms with Gasteiger partial charge in [-0.15, -0.1) is 0 Å². The van der Waals surface area contributed by atoms with E-state index in [1.165, 1.54) is 20.0 Å². The fraction of sp³-hybridized carbons (Fsp3) is 0.375. The van der Waals surface area contributed by atoms with Gasteiger partial charge in [-0.25, -0.2) is 9.59 Å². The van der Waals surface area contributed by atoms with Crippen LogP contribution in [-0.2, 0) is 33.4 Å². The molecule has 0 radical (unpaired) electrons. The van der Waals surface area contributed by atoms with E-state index in [2.05, 4.69) is 90.1 Å². The molecule has 3 aliphatic heterocycles. The molecular formula is C16H15Br4ClN2O9. The standard InChI is InChI=1S/C6H3Br2NO4.C4HBr2NO2.C4H8O.C2H3ClO2/c1-13-6(12)9-4(10)2(7)3(8)5(9)11;5-1-2(6)4(9)7-3(1)8;1-2-4-5-3-1;1-5-2(3)4/h1H3;(H,7,8,9);1-4H2;1H3. The third kappa shape index (κ3) is 9.79. The molecule has 0 aromatic carbocycles. The zero-order chi connectivity index (χ0) is 25.0. The average molecular weight is 734 g/mol. The van der Waals surface area contributed by atoms with Crippen LogP contribution in [0.2, 0.25) is 0 Å². The van der Waals surface area contributed by atoms with Crippen molar-refractivity contribution in [1.82, 2.24) is 10.2 Å². The number of hydrogen-bond donors (Lipinski definition) is 1. The topological polar surface area (TPSA) is 145 Å². The Balaban J connectivity index is 0.000000437. The molecule has 1 fully saturated rings. The monoisotopic (exact) mass is 730 g/mol. The Morgan fingerprint density at radius 2 is 1.22 bits per heavy atom. The Bertz CT molecular complexity index is 803. The van der Waals surface area contributed by atoms with E-state index in [4.69, 9.17) is 4.74 Å². The molecule has 5 amide bonds. The second-order valence-electron chi connectivity index (χ2n) is 5.22. The number of rotatable bonds is 0. The molecule has 0 spiro atoms. The number of amides is 5. The van der Waals surface area contributed by atoms with Gasteiger partial charge in [-0.05, 0) is 76.6 Å². The molecule has 1 saturated heterocycles. The lowest BCUT2D eigenvalue weighted by Gasteiger charge is -2.09. The van der Waals surface area contributed by atoms with Gasteiger partial charge in [0.2, 0.25) is 0 Å². The molecule has 1 N–H and O–H groups in total. The van der Waals surface area contributed by atoms with E-state index >= 15 is 0 Å². The lowest BCUT2D eigenvalue weighted by atomic mass is 10.4. The highest BCUT2D eigenvalue weighted by Gasteiger charge is 2.41. The zero-order valence-corrected chi connectivity index (χ0v) is 23.4. The first-order valence-corrected chi connectivity index (χ1v) is 11.7. The lowest BCUT2D eigenvalue weighted by molar-refractivity contribution is -0.134. The summed E-state index contributed by atoms with van der Waals surface area (Å²) in [6.45, 7) is 2.00. The molecule has 3 aliphatic rings. The van der Waals surface area contributed by atoms with Crippen LogP contribution in [0.25, 0.3) is 0 Å². The summed E-state index contributed by atoms with van der Waals surface area (Å²) in [5.41, 5.74) is -0.773. The van der Waals surface area contributed by atoms with Crippen LogP contribution < -0.4 is 5.32 Å². The van der Waals surface area contributed by atoms with Gasteiger partial charge in [-0.1, -0.05) is 0 Å². The van der Waals surface area contributed by atoms with Gasteiger partial charge in [0, 0.05) is 24.8 Å². The van der Waals surface area contributed by atoms with Crippen LogP contribution in [0.15, 0.2) is 17.9 Å². The molecule has 0 aromatic rings. The van der Waals surface area contributed by atoms with Crippen LogP contribution in [0.5, 0.6) is 0 Å². The quantitative estimate of drug-likeness (QED) is 0.292. The molecule has 16 heteroatoms. The minimum absolute atomic E-state index is 0.0166. The van der Waals surface area contributed by atoms with E-state index in [1.807, 2.05) is 0 Å². The maximum absolute atomic E-state index is 11.2. The summed E-state index contributed by atoms with van der Waals surface area (Å²) in [6.07, 6.45) is 1.56. The highest BCUT2D eigenvalue weighted by Crippen LogP contribution is 2.29. The van der Waals surface area contributed by atoms with Gasteiger partial charge in [0.05, 0.1) is 14.2 Å². The SMILES string of the molecule is C1CCOC1.COC(=O)Cl.COC(=O)N1C(=O)C(Br)=C(Br)C1=O.O=C1NC(=O)C(Br)=C1Br. The lowest BCUT2D eigenvalue weighted by Crippen LogP contribution is -2.37. The Kier molecular flexibility index (Phi) is 15.1. The molecule has 32 heavy (non-hydrogen) atoms. The van der Waals surface area contributed by atoms with Gasteiger partial charge < -0.3 is 14.2 Å². The summed E-state index contributed by atoms with van der Waals surface area (Å²) in [4.78, 5) is 64.1. The Labute approximate surface area is 220 Å². The molecular weight excluding hydrogens is 719 g/mol. The Morgan fingerprint density at radius 1 is 0.844 bits per heavy atom. The number of halogens is 5. The molecule has 3 rings (SSSR count). The normalized spacial score (nSPS) is 17.0. The number of nitrogens with zero attached hydrogens (tertiary/aromatic N) is 1. The van der Waals surface area contributed by atoms with Gasteiger partial charge in [0.1, 0.15) is 17.9 Å². The Morgan fingerprint density at radius 3 is 1.41 bits per heavy atom. The predicted octanol–water partition coefficient (Wildman–Crippen LogP) is 3.56. The van der Waals surface area contributed by atoms with Gasteiger partial charge in [-0.2, -0.15) is 4.90 Å². The largest absolute Gasteiger partial charge is 0.457 e. The fourth-order valence-corrected chi connectivity index (χ4v) is 2.91. The molecule has 0 saturated carbocycles. The number of hydrogen-bond acceptors (Lipinski definition) is 9. The Hall–Kier alpha value is -1.13. The third-order valence-corrected chi connectivity index (χ3v) is 7.34. The summed E-state index contributed by atoms with van der Waals surface area (Å²) >= 11 is 16.1. The summed E-state index contributed by atoms with van der Waals surface area (Å²) in [5.74, 6) is -2.26. The fourth-order valence-electron chi connectivity index (χ4n) is 1.66. The number of carbonyl (C=O) groups is 6. The number of methoxy groups -OCH3 is 2. The van der Waals surface area contributed by atoms with Gasteiger partial charge in [-0.3, -0.25) is 24.5 Å². The zero-order valence-electron chi connectivity index (χ0n) is 16.3. The summed E-state index contributed by atoms with van der Waals surface area (Å²) < 4.78 is 13.6. The second kappa shape index (κ2) is 15.7. The molecule has 3 heterocycles. The highest BCUT2D eigenvalue weighted by atomic mass is 79.9. The van der Waals surface area contributed by atoms with Crippen LogP contribution in [-0.4, -0.2) is 67.5 Å². The van der Waals surface area contributed by atoms with Crippen molar-refractivity contribution in [2.24, 2.45) is 0 Å². The van der Waals surface area contributed by atoms with E-state index < -0.39 is 35.2 Å². The van der Waals surface area contributed by atoms with Crippen molar-refractivity contribution in [3.8, 4) is 0 Å². The minimum Gasteiger partial charge on any atom is -0.457 e. The van der Waals surface area contributed by atoms with Crippen LogP contribution in [0.1, 0.15) is 12.8 Å². The summed E-state index contributed by atoms with van der Waals surface area (Å²) in [6, 6.07) is 0. The van der Waals surface area contributed by atoms with E-state index in [0.717, 1.165) is 20.3 Å². The maximum atomic E-state index is 11.2. The van der Waals surface area contributed by atoms with E-state index in [-0.39, 0.29) is 17.9 Å². The summed E-state index contributed by atoms with van der Waals surface area (Å²) in [5, 5.41) is 2.07. The minimum atomic E-state index is -0.999. The van der Waals surface area contributed by atoms with Gasteiger partial charge in [0.25, 0.3) is 23.6 Å². The van der Waals surface area contributed by atoms with Crippen LogP contribution in [0.3, 0.4) is 0 Å². The van der Waals surface area contributed by atoms with E-state index in [1.54, 1.807) is 0 Å². The molecule has 11 nitrogen and oxygen atoms in total. The molecule has 0 aromatic heterocycles. The molecule has 0 aliphatic carbocycles.